The summed E-state index contributed by atoms with van der Waals surface area (Å²) in [7, 11) is 1.82. The molecule has 0 saturated heterocycles. The molecule has 1 atom stereocenters. The molecule has 0 aromatic carbocycles. The molecule has 6 nitrogen and oxygen atoms in total. The lowest BCUT2D eigenvalue weighted by molar-refractivity contribution is -0.121. The number of carbonyl (C=O) groups excluding carboxylic acids is 1. The molecule has 0 aliphatic rings. The average Bonchev–Trinajstić information content (AvgIpc) is 2.80. The standard InChI is InChI=1S/C12H17N5O/c1-9(14-11(18)6-7-13-2)12-16-15-10-5-3-4-8-17(10)12/h3-5,8-9,13H,6-7H2,1-2H3,(H,14,18). The van der Waals surface area contributed by atoms with Crippen molar-refractivity contribution in [2.24, 2.45) is 0 Å². The van der Waals surface area contributed by atoms with Crippen molar-refractivity contribution in [1.82, 2.24) is 25.2 Å². The van der Waals surface area contributed by atoms with Gasteiger partial charge in [-0.25, -0.2) is 0 Å². The topological polar surface area (TPSA) is 71.3 Å². The molecule has 0 bridgehead atoms. The van der Waals surface area contributed by atoms with Gasteiger partial charge in [0, 0.05) is 19.2 Å². The van der Waals surface area contributed by atoms with Crippen molar-refractivity contribution < 1.29 is 4.79 Å². The van der Waals surface area contributed by atoms with Crippen molar-refractivity contribution in [2.75, 3.05) is 13.6 Å². The van der Waals surface area contributed by atoms with Crippen LogP contribution in [0, 0.1) is 0 Å². The van der Waals surface area contributed by atoms with Gasteiger partial charge in [-0.05, 0) is 26.1 Å². The van der Waals surface area contributed by atoms with E-state index in [1.807, 2.05) is 42.8 Å². The van der Waals surface area contributed by atoms with Gasteiger partial charge in [0.25, 0.3) is 0 Å². The molecule has 2 aromatic heterocycles. The van der Waals surface area contributed by atoms with Crippen molar-refractivity contribution in [2.45, 2.75) is 19.4 Å². The lowest BCUT2D eigenvalue weighted by atomic mass is 10.3. The SMILES string of the molecule is CNCCC(=O)NC(C)c1nnc2ccccn12. The Hall–Kier alpha value is -1.95. The second-order valence-electron chi connectivity index (χ2n) is 4.13. The predicted molar refractivity (Wildman–Crippen MR) is 68.1 cm³/mol. The third kappa shape index (κ3) is 2.65. The van der Waals surface area contributed by atoms with Crippen molar-refractivity contribution in [3.63, 3.8) is 0 Å². The zero-order chi connectivity index (χ0) is 13.0. The first-order chi connectivity index (χ1) is 8.72. The van der Waals surface area contributed by atoms with E-state index in [-0.39, 0.29) is 11.9 Å². The maximum atomic E-state index is 11.6. The van der Waals surface area contributed by atoms with Gasteiger partial charge in [-0.3, -0.25) is 9.20 Å². The molecular weight excluding hydrogens is 230 g/mol. The summed E-state index contributed by atoms with van der Waals surface area (Å²) in [6, 6.07) is 5.54. The van der Waals surface area contributed by atoms with Crippen molar-refractivity contribution >= 4 is 11.6 Å². The van der Waals surface area contributed by atoms with Gasteiger partial charge in [-0.2, -0.15) is 0 Å². The summed E-state index contributed by atoms with van der Waals surface area (Å²) in [4.78, 5) is 11.6. The molecule has 18 heavy (non-hydrogen) atoms. The molecule has 2 rings (SSSR count). The van der Waals surface area contributed by atoms with Crippen LogP contribution in [0.15, 0.2) is 24.4 Å². The molecule has 2 aromatic rings. The molecule has 6 heteroatoms. The number of carbonyl (C=O) groups is 1. The predicted octanol–water partition coefficient (Wildman–Crippen LogP) is 0.516. The molecule has 0 spiro atoms. The van der Waals surface area contributed by atoms with E-state index in [2.05, 4.69) is 20.8 Å². The Morgan fingerprint density at radius 3 is 3.06 bits per heavy atom. The van der Waals surface area contributed by atoms with Crippen LogP contribution >= 0.6 is 0 Å². The average molecular weight is 247 g/mol. The minimum atomic E-state index is -0.160. The molecule has 0 aliphatic heterocycles. The lowest BCUT2D eigenvalue weighted by Crippen LogP contribution is -2.30. The van der Waals surface area contributed by atoms with Crippen LogP contribution in [0.1, 0.15) is 25.2 Å². The fourth-order valence-corrected chi connectivity index (χ4v) is 1.77. The van der Waals surface area contributed by atoms with E-state index >= 15 is 0 Å². The van der Waals surface area contributed by atoms with Crippen LogP contribution < -0.4 is 10.6 Å². The quantitative estimate of drug-likeness (QED) is 0.808. The van der Waals surface area contributed by atoms with E-state index in [1.165, 1.54) is 0 Å². The lowest BCUT2D eigenvalue weighted by Gasteiger charge is -2.12. The summed E-state index contributed by atoms with van der Waals surface area (Å²) < 4.78 is 1.88. The van der Waals surface area contributed by atoms with Gasteiger partial charge < -0.3 is 10.6 Å². The first kappa shape index (κ1) is 12.5. The van der Waals surface area contributed by atoms with E-state index in [9.17, 15) is 4.79 Å². The van der Waals surface area contributed by atoms with Gasteiger partial charge in [0.1, 0.15) is 0 Å². The summed E-state index contributed by atoms with van der Waals surface area (Å²) in [5.41, 5.74) is 0.781. The highest BCUT2D eigenvalue weighted by atomic mass is 16.1. The fourth-order valence-electron chi connectivity index (χ4n) is 1.77. The number of nitrogens with zero attached hydrogens (tertiary/aromatic N) is 3. The van der Waals surface area contributed by atoms with Crippen LogP contribution in [-0.4, -0.2) is 34.1 Å². The van der Waals surface area contributed by atoms with Crippen LogP contribution in [0.4, 0.5) is 0 Å². The summed E-state index contributed by atoms with van der Waals surface area (Å²) in [6.45, 7) is 2.57. The van der Waals surface area contributed by atoms with Gasteiger partial charge in [-0.15, -0.1) is 10.2 Å². The Bertz CT molecular complexity index is 536. The molecule has 0 radical (unpaired) electrons. The monoisotopic (exact) mass is 247 g/mol. The minimum absolute atomic E-state index is 0.00420. The van der Waals surface area contributed by atoms with E-state index in [4.69, 9.17) is 0 Å². The second-order valence-corrected chi connectivity index (χ2v) is 4.13. The molecule has 0 fully saturated rings. The molecule has 0 saturated carbocycles. The van der Waals surface area contributed by atoms with Gasteiger partial charge in [-0.1, -0.05) is 6.07 Å². The number of rotatable bonds is 5. The molecular formula is C12H17N5O. The number of amides is 1. The Morgan fingerprint density at radius 1 is 1.44 bits per heavy atom. The molecule has 2 N–H and O–H groups in total. The van der Waals surface area contributed by atoms with E-state index in [0.717, 1.165) is 11.5 Å². The summed E-state index contributed by atoms with van der Waals surface area (Å²) >= 11 is 0. The van der Waals surface area contributed by atoms with Gasteiger partial charge >= 0.3 is 0 Å². The highest BCUT2D eigenvalue weighted by molar-refractivity contribution is 5.76. The number of hydrogen-bond acceptors (Lipinski definition) is 4. The van der Waals surface area contributed by atoms with Crippen LogP contribution in [0.5, 0.6) is 0 Å². The van der Waals surface area contributed by atoms with E-state index in [0.29, 0.717) is 13.0 Å². The Labute approximate surface area is 105 Å². The number of hydrogen-bond donors (Lipinski definition) is 2. The first-order valence-electron chi connectivity index (χ1n) is 5.96. The Morgan fingerprint density at radius 2 is 2.28 bits per heavy atom. The van der Waals surface area contributed by atoms with Gasteiger partial charge in [0.15, 0.2) is 11.5 Å². The number of aromatic nitrogens is 3. The van der Waals surface area contributed by atoms with Crippen LogP contribution in [0.25, 0.3) is 5.65 Å². The van der Waals surface area contributed by atoms with Gasteiger partial charge in [0.2, 0.25) is 5.91 Å². The maximum Gasteiger partial charge on any atom is 0.221 e. The normalized spacial score (nSPS) is 12.6. The third-order valence-corrected chi connectivity index (χ3v) is 2.71. The molecule has 1 unspecified atom stereocenters. The van der Waals surface area contributed by atoms with E-state index < -0.39 is 0 Å². The third-order valence-electron chi connectivity index (χ3n) is 2.71. The van der Waals surface area contributed by atoms with Crippen molar-refractivity contribution in [3.8, 4) is 0 Å². The highest BCUT2D eigenvalue weighted by Gasteiger charge is 2.14. The zero-order valence-electron chi connectivity index (χ0n) is 10.6. The van der Waals surface area contributed by atoms with Crippen LogP contribution in [0.2, 0.25) is 0 Å². The summed E-state index contributed by atoms with van der Waals surface area (Å²) in [5.74, 6) is 0.743. The highest BCUT2D eigenvalue weighted by Crippen LogP contribution is 2.11. The van der Waals surface area contributed by atoms with E-state index in [1.54, 1.807) is 0 Å². The molecule has 96 valence electrons. The fraction of sp³-hybridized carbons (Fsp3) is 0.417. The zero-order valence-corrected chi connectivity index (χ0v) is 10.6. The minimum Gasteiger partial charge on any atom is -0.346 e. The van der Waals surface area contributed by atoms with Crippen LogP contribution in [0.3, 0.4) is 0 Å². The Balaban J connectivity index is 2.09. The number of pyridine rings is 1. The molecule has 1 amide bonds. The summed E-state index contributed by atoms with van der Waals surface area (Å²) in [6.07, 6.45) is 2.35. The molecule has 2 heterocycles. The van der Waals surface area contributed by atoms with Crippen LogP contribution in [-0.2, 0) is 4.79 Å². The smallest absolute Gasteiger partial charge is 0.221 e. The van der Waals surface area contributed by atoms with Gasteiger partial charge in [0.05, 0.1) is 6.04 Å². The Kier molecular flexibility index (Phi) is 3.88. The van der Waals surface area contributed by atoms with Crippen molar-refractivity contribution in [1.29, 1.82) is 0 Å². The second kappa shape index (κ2) is 5.59. The molecule has 0 aliphatic carbocycles. The summed E-state index contributed by atoms with van der Waals surface area (Å²) in [5, 5.41) is 14.0. The number of nitrogens with one attached hydrogen (secondary N) is 2. The van der Waals surface area contributed by atoms with Crippen molar-refractivity contribution in [3.05, 3.63) is 30.2 Å². The number of fused-ring (bicyclic) bond motifs is 1. The first-order valence-corrected chi connectivity index (χ1v) is 5.96. The maximum absolute atomic E-state index is 11.6. The largest absolute Gasteiger partial charge is 0.346 e.